The Morgan fingerprint density at radius 1 is 1.29 bits per heavy atom. The van der Waals surface area contributed by atoms with Gasteiger partial charge in [-0.3, -0.25) is 4.98 Å². The highest BCUT2D eigenvalue weighted by Gasteiger charge is 2.25. The zero-order chi connectivity index (χ0) is 9.97. The second kappa shape index (κ2) is 4.09. The molecule has 1 aromatic rings. The topological polar surface area (TPSA) is 33.1 Å². The smallest absolute Gasteiger partial charge is 0.0623 e. The van der Waals surface area contributed by atoms with E-state index >= 15 is 0 Å². The molecule has 1 heterocycles. The molecule has 1 fully saturated rings. The van der Waals surface area contributed by atoms with Gasteiger partial charge in [-0.2, -0.15) is 0 Å². The Bertz CT molecular complexity index is 294. The number of rotatable bonds is 1. The Balaban J connectivity index is 2.16. The Kier molecular flexibility index (Phi) is 2.82. The zero-order valence-corrected chi connectivity index (χ0v) is 8.61. The molecular weight excluding hydrogens is 174 g/mol. The van der Waals surface area contributed by atoms with Crippen molar-refractivity contribution in [3.63, 3.8) is 0 Å². The molecule has 76 valence electrons. The van der Waals surface area contributed by atoms with Crippen LogP contribution in [0.1, 0.15) is 42.9 Å². The molecule has 2 nitrogen and oxygen atoms in total. The largest absolute Gasteiger partial charge is 0.392 e. The number of aromatic nitrogens is 1. The lowest BCUT2D eigenvalue weighted by atomic mass is 9.84. The number of aliphatic hydroxyl groups is 1. The second-order valence-corrected chi connectivity index (χ2v) is 4.22. The van der Waals surface area contributed by atoms with E-state index in [4.69, 9.17) is 0 Å². The van der Waals surface area contributed by atoms with Crippen LogP contribution < -0.4 is 0 Å². The van der Waals surface area contributed by atoms with Crippen LogP contribution in [0, 0.1) is 6.92 Å². The van der Waals surface area contributed by atoms with Gasteiger partial charge in [-0.25, -0.2) is 0 Å². The van der Waals surface area contributed by atoms with Gasteiger partial charge in [-0.15, -0.1) is 0 Å². The lowest BCUT2D eigenvalue weighted by molar-refractivity contribution is 0.104. The van der Waals surface area contributed by atoms with Crippen LogP contribution in [0.25, 0.3) is 0 Å². The van der Waals surface area contributed by atoms with Crippen LogP contribution in [-0.4, -0.2) is 16.2 Å². The molecule has 1 aromatic heterocycles. The Hall–Kier alpha value is -0.890. The molecule has 0 radical (unpaired) electrons. The highest BCUT2D eigenvalue weighted by molar-refractivity contribution is 5.17. The van der Waals surface area contributed by atoms with Gasteiger partial charge in [-0.1, -0.05) is 18.9 Å². The highest BCUT2D eigenvalue weighted by atomic mass is 16.3. The van der Waals surface area contributed by atoms with E-state index in [0.29, 0.717) is 0 Å². The number of aliphatic hydroxyl groups excluding tert-OH is 1. The first-order valence-corrected chi connectivity index (χ1v) is 5.38. The number of hydrogen-bond acceptors (Lipinski definition) is 2. The van der Waals surface area contributed by atoms with E-state index in [-0.39, 0.29) is 12.0 Å². The molecule has 1 saturated carbocycles. The molecule has 0 unspecified atom stereocenters. The molecule has 0 aromatic carbocycles. The van der Waals surface area contributed by atoms with Crippen LogP contribution in [0.15, 0.2) is 18.3 Å². The molecule has 2 rings (SSSR count). The summed E-state index contributed by atoms with van der Waals surface area (Å²) in [5.41, 5.74) is 2.24. The van der Waals surface area contributed by atoms with Gasteiger partial charge in [0.2, 0.25) is 0 Å². The third-order valence-electron chi connectivity index (χ3n) is 3.04. The molecular formula is C12H17NO. The Morgan fingerprint density at radius 3 is 2.71 bits per heavy atom. The minimum absolute atomic E-state index is 0.182. The molecule has 0 bridgehead atoms. The van der Waals surface area contributed by atoms with E-state index in [1.807, 2.05) is 13.1 Å². The van der Waals surface area contributed by atoms with Gasteiger partial charge in [-0.05, 0) is 31.4 Å². The Morgan fingerprint density at radius 2 is 2.07 bits per heavy atom. The molecule has 2 atom stereocenters. The van der Waals surface area contributed by atoms with Crippen LogP contribution >= 0.6 is 0 Å². The van der Waals surface area contributed by atoms with Crippen molar-refractivity contribution in [2.45, 2.75) is 44.6 Å². The van der Waals surface area contributed by atoms with Crippen molar-refractivity contribution in [2.24, 2.45) is 0 Å². The first-order chi connectivity index (χ1) is 6.77. The quantitative estimate of drug-likeness (QED) is 0.739. The summed E-state index contributed by atoms with van der Waals surface area (Å²) >= 11 is 0. The first-order valence-electron chi connectivity index (χ1n) is 5.38. The van der Waals surface area contributed by atoms with Crippen LogP contribution in [0.2, 0.25) is 0 Å². The monoisotopic (exact) mass is 191 g/mol. The van der Waals surface area contributed by atoms with E-state index in [9.17, 15) is 5.11 Å². The summed E-state index contributed by atoms with van der Waals surface area (Å²) in [4.78, 5) is 4.39. The summed E-state index contributed by atoms with van der Waals surface area (Å²) < 4.78 is 0. The number of nitrogens with zero attached hydrogens (tertiary/aromatic N) is 1. The van der Waals surface area contributed by atoms with Gasteiger partial charge < -0.3 is 5.11 Å². The van der Waals surface area contributed by atoms with Crippen molar-refractivity contribution in [2.75, 3.05) is 0 Å². The number of hydrogen-bond donors (Lipinski definition) is 1. The van der Waals surface area contributed by atoms with Crippen molar-refractivity contribution in [3.8, 4) is 0 Å². The summed E-state index contributed by atoms with van der Waals surface area (Å²) in [5.74, 6) is 0.268. The van der Waals surface area contributed by atoms with Crippen molar-refractivity contribution >= 4 is 0 Å². The van der Waals surface area contributed by atoms with Gasteiger partial charge in [0.1, 0.15) is 0 Å². The predicted molar refractivity (Wildman–Crippen MR) is 56.2 cm³/mol. The fourth-order valence-electron chi connectivity index (χ4n) is 2.15. The van der Waals surface area contributed by atoms with Crippen molar-refractivity contribution in [3.05, 3.63) is 29.6 Å². The average molecular weight is 191 g/mol. The van der Waals surface area contributed by atoms with Crippen molar-refractivity contribution < 1.29 is 5.11 Å². The lowest BCUT2D eigenvalue weighted by Crippen LogP contribution is -2.23. The predicted octanol–water partition coefficient (Wildman–Crippen LogP) is 2.41. The minimum Gasteiger partial charge on any atom is -0.392 e. The summed E-state index contributed by atoms with van der Waals surface area (Å²) in [6.45, 7) is 2.04. The fraction of sp³-hybridized carbons (Fsp3) is 0.583. The van der Waals surface area contributed by atoms with Gasteiger partial charge in [0.15, 0.2) is 0 Å². The van der Waals surface area contributed by atoms with E-state index in [1.165, 1.54) is 12.0 Å². The van der Waals surface area contributed by atoms with Gasteiger partial charge in [0.05, 0.1) is 6.10 Å². The maximum absolute atomic E-state index is 9.85. The van der Waals surface area contributed by atoms with E-state index in [0.717, 1.165) is 25.0 Å². The SMILES string of the molecule is Cc1ccc([C@@H]2CCCC[C@H]2O)nc1. The third-order valence-corrected chi connectivity index (χ3v) is 3.04. The number of pyridine rings is 1. The van der Waals surface area contributed by atoms with Crippen LogP contribution in [0.4, 0.5) is 0 Å². The van der Waals surface area contributed by atoms with Gasteiger partial charge >= 0.3 is 0 Å². The van der Waals surface area contributed by atoms with E-state index < -0.39 is 0 Å². The average Bonchev–Trinajstić information content (AvgIpc) is 2.20. The van der Waals surface area contributed by atoms with Gasteiger partial charge in [0.25, 0.3) is 0 Å². The van der Waals surface area contributed by atoms with Gasteiger partial charge in [0, 0.05) is 17.8 Å². The molecule has 0 spiro atoms. The molecule has 0 aliphatic heterocycles. The fourth-order valence-corrected chi connectivity index (χ4v) is 2.15. The normalized spacial score (nSPS) is 27.6. The standard InChI is InChI=1S/C12H17NO/c1-9-6-7-11(13-8-9)10-4-2-3-5-12(10)14/h6-8,10,12,14H,2-5H2,1H3/t10-,12+/m0/s1. The molecule has 0 amide bonds. The van der Waals surface area contributed by atoms with Crippen LogP contribution in [-0.2, 0) is 0 Å². The third kappa shape index (κ3) is 1.95. The molecule has 0 saturated heterocycles. The summed E-state index contributed by atoms with van der Waals surface area (Å²) in [7, 11) is 0. The summed E-state index contributed by atoms with van der Waals surface area (Å²) in [6, 6.07) is 4.12. The zero-order valence-electron chi connectivity index (χ0n) is 8.61. The molecule has 1 aliphatic carbocycles. The summed E-state index contributed by atoms with van der Waals surface area (Å²) in [6.07, 6.45) is 6.09. The Labute approximate surface area is 85.0 Å². The number of aryl methyl sites for hydroxylation is 1. The molecule has 14 heavy (non-hydrogen) atoms. The molecule has 1 aliphatic rings. The molecule has 2 heteroatoms. The van der Waals surface area contributed by atoms with Crippen molar-refractivity contribution in [1.29, 1.82) is 0 Å². The highest BCUT2D eigenvalue weighted by Crippen LogP contribution is 2.31. The van der Waals surface area contributed by atoms with E-state index in [1.54, 1.807) is 0 Å². The second-order valence-electron chi connectivity index (χ2n) is 4.22. The minimum atomic E-state index is -0.182. The maximum atomic E-state index is 9.85. The van der Waals surface area contributed by atoms with Crippen molar-refractivity contribution in [1.82, 2.24) is 4.98 Å². The first kappa shape index (κ1) is 9.66. The van der Waals surface area contributed by atoms with Crippen LogP contribution in [0.5, 0.6) is 0 Å². The molecule has 1 N–H and O–H groups in total. The maximum Gasteiger partial charge on any atom is 0.0623 e. The lowest BCUT2D eigenvalue weighted by Gasteiger charge is -2.26. The summed E-state index contributed by atoms with van der Waals surface area (Å²) in [5, 5.41) is 9.85. The van der Waals surface area contributed by atoms with E-state index in [2.05, 4.69) is 17.1 Å². The van der Waals surface area contributed by atoms with Crippen LogP contribution in [0.3, 0.4) is 0 Å².